The Morgan fingerprint density at radius 1 is 0.864 bits per heavy atom. The maximum absolute atomic E-state index is 12.0. The van der Waals surface area contributed by atoms with Gasteiger partial charge in [-0.25, -0.2) is 9.59 Å². The van der Waals surface area contributed by atoms with Crippen LogP contribution in [0.2, 0.25) is 0 Å². The van der Waals surface area contributed by atoms with Gasteiger partial charge in [-0.05, 0) is 34.7 Å². The van der Waals surface area contributed by atoms with Crippen molar-refractivity contribution in [3.8, 4) is 0 Å². The molecule has 0 N–H and O–H groups in total. The number of hydrogen-bond acceptors (Lipinski definition) is 7. The van der Waals surface area contributed by atoms with Crippen LogP contribution < -0.4 is 11.4 Å². The van der Waals surface area contributed by atoms with E-state index in [0.29, 0.717) is 0 Å². The molecule has 22 heavy (non-hydrogen) atoms. The maximum atomic E-state index is 12.0. The number of hydrogen-bond donors (Lipinski definition) is 0. The van der Waals surface area contributed by atoms with Crippen LogP contribution in [0.25, 0.3) is 12.4 Å². The van der Waals surface area contributed by atoms with Gasteiger partial charge in [0.1, 0.15) is 11.8 Å². The Balaban J connectivity index is 2.11. The minimum Gasteiger partial charge on any atom is -0.256 e. The van der Waals surface area contributed by atoms with Gasteiger partial charge in [-0.1, -0.05) is 12.2 Å². The van der Waals surface area contributed by atoms with Gasteiger partial charge in [0.25, 0.3) is 0 Å². The van der Waals surface area contributed by atoms with E-state index in [1.165, 1.54) is 12.4 Å². The summed E-state index contributed by atoms with van der Waals surface area (Å²) in [7, 11) is -1.58. The standard InChI is InChI=1S/C10H14N8O3S/c1-3-5-15-9(19)17(13-11-15)7-22(21)8-18-10(20)16(6-4-2)12-14-18/h3-6H,7-8H2,1-2H3/b5-3+,6-4+. The lowest BCUT2D eigenvalue weighted by molar-refractivity contribution is 0.610. The molecule has 11 nitrogen and oxygen atoms in total. The molecule has 0 saturated carbocycles. The topological polar surface area (TPSA) is 122 Å². The van der Waals surface area contributed by atoms with E-state index in [1.54, 1.807) is 26.0 Å². The highest BCUT2D eigenvalue weighted by molar-refractivity contribution is 7.82. The Kier molecular flexibility index (Phi) is 4.93. The van der Waals surface area contributed by atoms with Crippen molar-refractivity contribution in [2.75, 3.05) is 0 Å². The van der Waals surface area contributed by atoms with Gasteiger partial charge >= 0.3 is 11.4 Å². The highest BCUT2D eigenvalue weighted by Crippen LogP contribution is 1.90. The molecule has 2 rings (SSSR count). The van der Waals surface area contributed by atoms with Crippen LogP contribution in [0.5, 0.6) is 0 Å². The normalized spacial score (nSPS) is 12.1. The molecule has 12 heteroatoms. The van der Waals surface area contributed by atoms with Crippen LogP contribution in [0.3, 0.4) is 0 Å². The average Bonchev–Trinajstić information content (AvgIpc) is 2.99. The Hall–Kier alpha value is -2.63. The number of aromatic nitrogens is 8. The van der Waals surface area contributed by atoms with Crippen LogP contribution in [0.4, 0.5) is 0 Å². The first-order valence-corrected chi connectivity index (χ1v) is 7.70. The summed E-state index contributed by atoms with van der Waals surface area (Å²) >= 11 is 0. The second-order valence-electron chi connectivity index (χ2n) is 4.07. The Labute approximate surface area is 126 Å². The van der Waals surface area contributed by atoms with Gasteiger partial charge in [-0.3, -0.25) is 4.21 Å². The first kappa shape index (κ1) is 15.8. The lowest BCUT2D eigenvalue weighted by atomic mass is 10.7. The molecule has 0 spiro atoms. The molecular formula is C10H14N8O3S. The highest BCUT2D eigenvalue weighted by Gasteiger charge is 2.12. The SMILES string of the molecule is C/C=C/n1nnn(CS(=O)Cn2nnn(/C=C/C)c2=O)c1=O. The van der Waals surface area contributed by atoms with Crippen molar-refractivity contribution in [2.24, 2.45) is 0 Å². The zero-order valence-corrected chi connectivity index (χ0v) is 12.8. The molecule has 2 aromatic heterocycles. The molecule has 0 aliphatic heterocycles. The molecule has 0 atom stereocenters. The lowest BCUT2D eigenvalue weighted by Crippen LogP contribution is -2.28. The molecule has 2 heterocycles. The van der Waals surface area contributed by atoms with Gasteiger partial charge < -0.3 is 0 Å². The smallest absolute Gasteiger partial charge is 0.256 e. The number of tetrazole rings is 2. The summed E-state index contributed by atoms with van der Waals surface area (Å²) in [5.74, 6) is -0.390. The molecule has 0 amide bonds. The van der Waals surface area contributed by atoms with E-state index in [9.17, 15) is 13.8 Å². The minimum atomic E-state index is -1.58. The first-order chi connectivity index (χ1) is 10.6. The van der Waals surface area contributed by atoms with Crippen molar-refractivity contribution in [3.63, 3.8) is 0 Å². The fraction of sp³-hybridized carbons (Fsp3) is 0.400. The van der Waals surface area contributed by atoms with Crippen molar-refractivity contribution in [1.82, 2.24) is 39.6 Å². The summed E-state index contributed by atoms with van der Waals surface area (Å²) in [5, 5.41) is 14.4. The van der Waals surface area contributed by atoms with E-state index in [1.807, 2.05) is 0 Å². The second kappa shape index (κ2) is 6.89. The fourth-order valence-corrected chi connectivity index (χ4v) is 2.47. The van der Waals surface area contributed by atoms with E-state index >= 15 is 0 Å². The molecule has 0 bridgehead atoms. The van der Waals surface area contributed by atoms with Crippen LogP contribution in [-0.2, 0) is 22.6 Å². The predicted molar refractivity (Wildman–Crippen MR) is 78.7 cm³/mol. The number of allylic oxidation sites excluding steroid dienone is 2. The van der Waals surface area contributed by atoms with Gasteiger partial charge in [0.15, 0.2) is 0 Å². The van der Waals surface area contributed by atoms with Crippen LogP contribution in [0, 0.1) is 0 Å². The van der Waals surface area contributed by atoms with Crippen LogP contribution in [0.15, 0.2) is 21.7 Å². The Morgan fingerprint density at radius 3 is 1.64 bits per heavy atom. The van der Waals surface area contributed by atoms with Crippen molar-refractivity contribution < 1.29 is 4.21 Å². The van der Waals surface area contributed by atoms with E-state index < -0.39 is 22.2 Å². The summed E-state index contributed by atoms with van der Waals surface area (Å²) in [6.07, 6.45) is 6.11. The predicted octanol–water partition coefficient (Wildman–Crippen LogP) is -1.46. The van der Waals surface area contributed by atoms with Gasteiger partial charge in [0.2, 0.25) is 0 Å². The monoisotopic (exact) mass is 326 g/mol. The molecule has 0 unspecified atom stereocenters. The fourth-order valence-electron chi connectivity index (χ4n) is 1.52. The third kappa shape index (κ3) is 3.33. The summed E-state index contributed by atoms with van der Waals surface area (Å²) < 4.78 is 16.0. The van der Waals surface area contributed by atoms with Crippen molar-refractivity contribution in [2.45, 2.75) is 25.6 Å². The zero-order valence-electron chi connectivity index (χ0n) is 11.9. The van der Waals surface area contributed by atoms with Gasteiger partial charge in [0.05, 0.1) is 10.8 Å². The Bertz CT molecular complexity index is 771. The minimum absolute atomic E-state index is 0.195. The van der Waals surface area contributed by atoms with Gasteiger partial charge in [-0.15, -0.1) is 0 Å². The molecule has 118 valence electrons. The van der Waals surface area contributed by atoms with E-state index in [2.05, 4.69) is 20.9 Å². The maximum Gasteiger partial charge on any atom is 0.368 e. The molecule has 0 aromatic carbocycles. The van der Waals surface area contributed by atoms with Crippen molar-refractivity contribution in [3.05, 3.63) is 33.1 Å². The van der Waals surface area contributed by atoms with Crippen molar-refractivity contribution >= 4 is 23.2 Å². The molecule has 0 saturated heterocycles. The van der Waals surface area contributed by atoms with Gasteiger partial charge in [0, 0.05) is 12.4 Å². The molecule has 0 fully saturated rings. The van der Waals surface area contributed by atoms with Crippen molar-refractivity contribution in [1.29, 1.82) is 0 Å². The lowest BCUT2D eigenvalue weighted by Gasteiger charge is -1.99. The van der Waals surface area contributed by atoms with Gasteiger partial charge in [-0.2, -0.15) is 18.7 Å². The summed E-state index contributed by atoms with van der Waals surface area (Å²) in [5.41, 5.74) is -1.03. The second-order valence-corrected chi connectivity index (χ2v) is 5.47. The molecule has 0 radical (unpaired) electrons. The van der Waals surface area contributed by atoms with E-state index in [0.717, 1.165) is 18.7 Å². The Morgan fingerprint density at radius 2 is 1.27 bits per heavy atom. The number of nitrogens with zero attached hydrogens (tertiary/aromatic N) is 8. The first-order valence-electron chi connectivity index (χ1n) is 6.22. The average molecular weight is 326 g/mol. The molecule has 0 aliphatic rings. The quantitative estimate of drug-likeness (QED) is 0.635. The third-order valence-corrected chi connectivity index (χ3v) is 3.50. The molecular weight excluding hydrogens is 312 g/mol. The summed E-state index contributed by atoms with van der Waals surface area (Å²) in [6.45, 7) is 3.45. The zero-order chi connectivity index (χ0) is 16.1. The summed E-state index contributed by atoms with van der Waals surface area (Å²) in [4.78, 5) is 23.6. The van der Waals surface area contributed by atoms with Crippen LogP contribution >= 0.6 is 0 Å². The van der Waals surface area contributed by atoms with Crippen LogP contribution in [0.1, 0.15) is 13.8 Å². The third-order valence-electron chi connectivity index (χ3n) is 2.44. The molecule has 0 aliphatic carbocycles. The largest absolute Gasteiger partial charge is 0.368 e. The van der Waals surface area contributed by atoms with E-state index in [4.69, 9.17) is 0 Å². The van der Waals surface area contributed by atoms with Crippen LogP contribution in [-0.4, -0.2) is 43.8 Å². The molecule has 2 aromatic rings. The number of rotatable bonds is 6. The highest BCUT2D eigenvalue weighted by atomic mass is 32.2. The van der Waals surface area contributed by atoms with E-state index in [-0.39, 0.29) is 11.8 Å². The summed E-state index contributed by atoms with van der Waals surface area (Å²) in [6, 6.07) is 0.